The SMILES string of the molecule is CN(C)c1ccc(CN(c2ccc(F)cc2)S(=O)(=O)c2ccccc2)cc1. The van der Waals surface area contributed by atoms with Gasteiger partial charge in [-0.25, -0.2) is 12.8 Å². The molecule has 140 valence electrons. The van der Waals surface area contributed by atoms with Gasteiger partial charge in [-0.1, -0.05) is 30.3 Å². The van der Waals surface area contributed by atoms with Crippen LogP contribution < -0.4 is 9.21 Å². The summed E-state index contributed by atoms with van der Waals surface area (Å²) in [5.41, 5.74) is 2.28. The van der Waals surface area contributed by atoms with Crippen molar-refractivity contribution in [1.29, 1.82) is 0 Å². The smallest absolute Gasteiger partial charge is 0.264 e. The molecule has 0 radical (unpaired) electrons. The summed E-state index contributed by atoms with van der Waals surface area (Å²) < 4.78 is 41.1. The molecule has 0 bridgehead atoms. The molecule has 0 heterocycles. The average molecular weight is 384 g/mol. The Morgan fingerprint density at radius 2 is 1.33 bits per heavy atom. The van der Waals surface area contributed by atoms with Crippen molar-refractivity contribution >= 4 is 21.4 Å². The largest absolute Gasteiger partial charge is 0.378 e. The zero-order valence-electron chi connectivity index (χ0n) is 15.2. The molecule has 0 aliphatic heterocycles. The van der Waals surface area contributed by atoms with Gasteiger partial charge in [-0.2, -0.15) is 0 Å². The molecular formula is C21H21FN2O2S. The van der Waals surface area contributed by atoms with E-state index in [1.54, 1.807) is 30.3 Å². The number of rotatable bonds is 6. The first-order chi connectivity index (χ1) is 12.9. The normalized spacial score (nSPS) is 11.2. The highest BCUT2D eigenvalue weighted by molar-refractivity contribution is 7.92. The second-order valence-corrected chi connectivity index (χ2v) is 8.22. The second kappa shape index (κ2) is 7.80. The van der Waals surface area contributed by atoms with Crippen LogP contribution in [-0.2, 0) is 16.6 Å². The Balaban J connectivity index is 2.01. The Labute approximate surface area is 159 Å². The van der Waals surface area contributed by atoms with Gasteiger partial charge in [-0.3, -0.25) is 4.31 Å². The predicted molar refractivity (Wildman–Crippen MR) is 107 cm³/mol. The summed E-state index contributed by atoms with van der Waals surface area (Å²) in [5.74, 6) is -0.411. The fourth-order valence-electron chi connectivity index (χ4n) is 2.71. The van der Waals surface area contributed by atoms with E-state index < -0.39 is 15.8 Å². The zero-order valence-corrected chi connectivity index (χ0v) is 16.0. The summed E-state index contributed by atoms with van der Waals surface area (Å²) in [6, 6.07) is 21.4. The first-order valence-corrected chi connectivity index (χ1v) is 9.91. The van der Waals surface area contributed by atoms with E-state index >= 15 is 0 Å². The third kappa shape index (κ3) is 4.28. The van der Waals surface area contributed by atoms with E-state index in [-0.39, 0.29) is 11.4 Å². The molecule has 0 fully saturated rings. The van der Waals surface area contributed by atoms with Crippen molar-refractivity contribution in [1.82, 2.24) is 0 Å². The maximum absolute atomic E-state index is 13.3. The van der Waals surface area contributed by atoms with Gasteiger partial charge in [0.15, 0.2) is 0 Å². The minimum atomic E-state index is -3.79. The number of halogens is 1. The molecule has 0 aromatic heterocycles. The first-order valence-electron chi connectivity index (χ1n) is 8.47. The minimum Gasteiger partial charge on any atom is -0.378 e. The Kier molecular flexibility index (Phi) is 5.46. The van der Waals surface area contributed by atoms with Crippen LogP contribution in [0.1, 0.15) is 5.56 Å². The second-order valence-electron chi connectivity index (χ2n) is 6.36. The summed E-state index contributed by atoms with van der Waals surface area (Å²) in [4.78, 5) is 2.17. The molecule has 0 unspecified atom stereocenters. The lowest BCUT2D eigenvalue weighted by Gasteiger charge is -2.25. The number of benzene rings is 3. The van der Waals surface area contributed by atoms with Gasteiger partial charge in [-0.15, -0.1) is 0 Å². The predicted octanol–water partition coefficient (Wildman–Crippen LogP) is 4.29. The molecule has 3 aromatic carbocycles. The quantitative estimate of drug-likeness (QED) is 0.637. The van der Waals surface area contributed by atoms with Crippen LogP contribution in [0.25, 0.3) is 0 Å². The van der Waals surface area contributed by atoms with Gasteiger partial charge >= 0.3 is 0 Å². The lowest BCUT2D eigenvalue weighted by Crippen LogP contribution is -2.30. The van der Waals surface area contributed by atoms with Gasteiger partial charge in [0.05, 0.1) is 17.1 Å². The minimum absolute atomic E-state index is 0.149. The number of anilines is 2. The summed E-state index contributed by atoms with van der Waals surface area (Å²) >= 11 is 0. The lowest BCUT2D eigenvalue weighted by atomic mass is 10.2. The molecule has 4 nitrogen and oxygen atoms in total. The molecule has 0 saturated carbocycles. The van der Waals surface area contributed by atoms with Gasteiger partial charge in [0.2, 0.25) is 0 Å². The van der Waals surface area contributed by atoms with E-state index in [1.165, 1.54) is 28.6 Å². The number of nitrogens with zero attached hydrogens (tertiary/aromatic N) is 2. The summed E-state index contributed by atoms with van der Waals surface area (Å²) in [6.45, 7) is 0.149. The highest BCUT2D eigenvalue weighted by Crippen LogP contribution is 2.26. The molecular weight excluding hydrogens is 363 g/mol. The third-order valence-electron chi connectivity index (χ3n) is 4.22. The van der Waals surface area contributed by atoms with Crippen molar-refractivity contribution in [2.45, 2.75) is 11.4 Å². The Hall–Kier alpha value is -2.86. The van der Waals surface area contributed by atoms with Gasteiger partial charge < -0.3 is 4.90 Å². The zero-order chi connectivity index (χ0) is 19.4. The van der Waals surface area contributed by atoms with Crippen molar-refractivity contribution in [3.63, 3.8) is 0 Å². The van der Waals surface area contributed by atoms with Crippen LogP contribution in [0.2, 0.25) is 0 Å². The van der Waals surface area contributed by atoms with Crippen LogP contribution in [0, 0.1) is 5.82 Å². The van der Waals surface area contributed by atoms with Crippen LogP contribution in [-0.4, -0.2) is 22.5 Å². The van der Waals surface area contributed by atoms with E-state index in [0.717, 1.165) is 11.3 Å². The lowest BCUT2D eigenvalue weighted by molar-refractivity contribution is 0.590. The van der Waals surface area contributed by atoms with Gasteiger partial charge in [-0.05, 0) is 54.1 Å². The number of hydrogen-bond donors (Lipinski definition) is 0. The molecule has 0 spiro atoms. The molecule has 3 rings (SSSR count). The maximum atomic E-state index is 13.3. The summed E-state index contributed by atoms with van der Waals surface area (Å²) in [7, 11) is 0.0971. The molecule has 0 amide bonds. The van der Waals surface area contributed by atoms with Crippen molar-refractivity contribution in [3.05, 3.63) is 90.2 Å². The average Bonchev–Trinajstić information content (AvgIpc) is 2.68. The standard InChI is InChI=1S/C21H21FN2O2S/c1-23(2)19-12-8-17(9-13-19)16-24(20-14-10-18(22)11-15-20)27(25,26)21-6-4-3-5-7-21/h3-15H,16H2,1-2H3. The Morgan fingerprint density at radius 1 is 0.778 bits per heavy atom. The number of hydrogen-bond acceptors (Lipinski definition) is 3. The van der Waals surface area contributed by atoms with Crippen molar-refractivity contribution in [2.75, 3.05) is 23.3 Å². The molecule has 27 heavy (non-hydrogen) atoms. The van der Waals surface area contributed by atoms with Crippen molar-refractivity contribution in [3.8, 4) is 0 Å². The molecule has 3 aromatic rings. The Morgan fingerprint density at radius 3 is 1.89 bits per heavy atom. The van der Waals surface area contributed by atoms with E-state index in [0.29, 0.717) is 5.69 Å². The van der Waals surface area contributed by atoms with Crippen LogP contribution in [0.15, 0.2) is 83.8 Å². The van der Waals surface area contributed by atoms with E-state index in [9.17, 15) is 12.8 Å². The van der Waals surface area contributed by atoms with Crippen LogP contribution in [0.3, 0.4) is 0 Å². The molecule has 0 N–H and O–H groups in total. The molecule has 0 aliphatic carbocycles. The topological polar surface area (TPSA) is 40.6 Å². The van der Waals surface area contributed by atoms with E-state index in [4.69, 9.17) is 0 Å². The fraction of sp³-hybridized carbons (Fsp3) is 0.143. The van der Waals surface area contributed by atoms with Crippen molar-refractivity contribution < 1.29 is 12.8 Å². The monoisotopic (exact) mass is 384 g/mol. The highest BCUT2D eigenvalue weighted by atomic mass is 32.2. The molecule has 0 saturated heterocycles. The van der Waals surface area contributed by atoms with Crippen LogP contribution in [0.5, 0.6) is 0 Å². The summed E-state index contributed by atoms with van der Waals surface area (Å²) in [5, 5.41) is 0. The van der Waals surface area contributed by atoms with Crippen LogP contribution in [0.4, 0.5) is 15.8 Å². The molecule has 6 heteroatoms. The molecule has 0 aliphatic rings. The van der Waals surface area contributed by atoms with Gasteiger partial charge in [0, 0.05) is 19.8 Å². The maximum Gasteiger partial charge on any atom is 0.264 e. The van der Waals surface area contributed by atoms with Gasteiger partial charge in [0.1, 0.15) is 5.82 Å². The summed E-state index contributed by atoms with van der Waals surface area (Å²) in [6.07, 6.45) is 0. The van der Waals surface area contributed by atoms with Crippen LogP contribution >= 0.6 is 0 Å². The van der Waals surface area contributed by atoms with E-state index in [1.807, 2.05) is 43.3 Å². The Bertz CT molecular complexity index is 987. The van der Waals surface area contributed by atoms with Crippen molar-refractivity contribution in [2.24, 2.45) is 0 Å². The highest BCUT2D eigenvalue weighted by Gasteiger charge is 2.25. The third-order valence-corrected chi connectivity index (χ3v) is 6.01. The number of sulfonamides is 1. The molecule has 0 atom stereocenters. The fourth-order valence-corrected chi connectivity index (χ4v) is 4.18. The van der Waals surface area contributed by atoms with Gasteiger partial charge in [0.25, 0.3) is 10.0 Å². The van der Waals surface area contributed by atoms with E-state index in [2.05, 4.69) is 0 Å². The first kappa shape index (κ1) is 18.9.